The van der Waals surface area contributed by atoms with Gasteiger partial charge in [-0.15, -0.1) is 0 Å². The Morgan fingerprint density at radius 1 is 1.50 bits per heavy atom. The molecule has 1 aliphatic heterocycles. The lowest BCUT2D eigenvalue weighted by molar-refractivity contribution is -0.248. The zero-order valence-corrected chi connectivity index (χ0v) is 7.26. The highest BCUT2D eigenvalue weighted by Gasteiger charge is 2.35. The Morgan fingerprint density at radius 2 is 2.08 bits per heavy atom. The number of halogens is 2. The van der Waals surface area contributed by atoms with Crippen molar-refractivity contribution in [3.63, 3.8) is 0 Å². The predicted molar refractivity (Wildman–Crippen MR) is 41.0 cm³/mol. The lowest BCUT2D eigenvalue weighted by Crippen LogP contribution is -2.39. The molecular formula is C7H14F2N2O. The SMILES string of the molecule is CN1CC(N)C(OC(C)(F)F)C1. The van der Waals surface area contributed by atoms with E-state index < -0.39 is 12.2 Å². The minimum absolute atomic E-state index is 0.305. The highest BCUT2D eigenvalue weighted by atomic mass is 19.3. The molecule has 1 aliphatic rings. The molecule has 12 heavy (non-hydrogen) atoms. The first-order valence-electron chi connectivity index (χ1n) is 3.88. The monoisotopic (exact) mass is 180 g/mol. The van der Waals surface area contributed by atoms with Crippen molar-refractivity contribution in [1.29, 1.82) is 0 Å². The summed E-state index contributed by atoms with van der Waals surface area (Å²) in [6.07, 6.45) is -3.62. The summed E-state index contributed by atoms with van der Waals surface area (Å²) in [6, 6.07) is -0.305. The molecule has 5 heteroatoms. The molecule has 2 N–H and O–H groups in total. The zero-order valence-electron chi connectivity index (χ0n) is 7.26. The highest BCUT2D eigenvalue weighted by molar-refractivity contribution is 4.86. The van der Waals surface area contributed by atoms with Crippen LogP contribution in [0.5, 0.6) is 0 Å². The van der Waals surface area contributed by atoms with E-state index >= 15 is 0 Å². The Hall–Kier alpha value is -0.260. The molecule has 0 aromatic heterocycles. The molecule has 2 atom stereocenters. The topological polar surface area (TPSA) is 38.5 Å². The molecule has 1 saturated heterocycles. The van der Waals surface area contributed by atoms with Gasteiger partial charge in [-0.1, -0.05) is 0 Å². The van der Waals surface area contributed by atoms with Crippen LogP contribution in [0.1, 0.15) is 6.92 Å². The fraction of sp³-hybridized carbons (Fsp3) is 1.00. The fourth-order valence-corrected chi connectivity index (χ4v) is 1.39. The van der Waals surface area contributed by atoms with E-state index in [1.54, 1.807) is 0 Å². The van der Waals surface area contributed by atoms with Crippen LogP contribution in [0.4, 0.5) is 8.78 Å². The largest absolute Gasteiger partial charge is 0.353 e. The molecule has 0 radical (unpaired) electrons. The van der Waals surface area contributed by atoms with Gasteiger partial charge in [-0.25, -0.2) is 0 Å². The van der Waals surface area contributed by atoms with Gasteiger partial charge in [-0.05, 0) is 7.05 Å². The van der Waals surface area contributed by atoms with Crippen LogP contribution in [0.2, 0.25) is 0 Å². The molecule has 1 heterocycles. The number of nitrogens with two attached hydrogens (primary N) is 1. The molecule has 0 saturated carbocycles. The molecule has 0 bridgehead atoms. The average Bonchev–Trinajstić information content (AvgIpc) is 2.06. The minimum atomic E-state index is -3.08. The smallest absolute Gasteiger partial charge is 0.324 e. The van der Waals surface area contributed by atoms with Crippen molar-refractivity contribution in [1.82, 2.24) is 4.90 Å². The van der Waals surface area contributed by atoms with Crippen molar-refractivity contribution in [2.24, 2.45) is 5.73 Å². The van der Waals surface area contributed by atoms with Crippen molar-refractivity contribution in [2.45, 2.75) is 25.2 Å². The maximum absolute atomic E-state index is 12.4. The van der Waals surface area contributed by atoms with Crippen molar-refractivity contribution in [3.8, 4) is 0 Å². The fourth-order valence-electron chi connectivity index (χ4n) is 1.39. The first-order chi connectivity index (χ1) is 5.38. The van der Waals surface area contributed by atoms with E-state index in [2.05, 4.69) is 4.74 Å². The van der Waals surface area contributed by atoms with E-state index in [1.165, 1.54) is 0 Å². The third kappa shape index (κ3) is 2.66. The number of hydrogen-bond donors (Lipinski definition) is 1. The summed E-state index contributed by atoms with van der Waals surface area (Å²) < 4.78 is 29.2. The van der Waals surface area contributed by atoms with Crippen LogP contribution in [-0.4, -0.2) is 43.3 Å². The Kier molecular flexibility index (Phi) is 2.65. The summed E-state index contributed by atoms with van der Waals surface area (Å²) in [7, 11) is 1.83. The summed E-state index contributed by atoms with van der Waals surface area (Å²) in [5.41, 5.74) is 5.58. The minimum Gasteiger partial charge on any atom is -0.324 e. The Labute approximate surface area is 70.5 Å². The van der Waals surface area contributed by atoms with E-state index in [1.807, 2.05) is 11.9 Å². The van der Waals surface area contributed by atoms with E-state index in [0.29, 0.717) is 13.1 Å². The number of rotatable bonds is 2. The highest BCUT2D eigenvalue weighted by Crippen LogP contribution is 2.20. The van der Waals surface area contributed by atoms with Gasteiger partial charge in [0.2, 0.25) is 0 Å². The third-order valence-corrected chi connectivity index (χ3v) is 1.85. The van der Waals surface area contributed by atoms with Crippen LogP contribution in [0, 0.1) is 0 Å². The summed E-state index contributed by atoms with van der Waals surface area (Å²) >= 11 is 0. The molecular weight excluding hydrogens is 166 g/mol. The van der Waals surface area contributed by atoms with Gasteiger partial charge >= 0.3 is 6.11 Å². The molecule has 1 fully saturated rings. The number of likely N-dealkylation sites (tertiary alicyclic amines) is 1. The molecule has 2 unspecified atom stereocenters. The van der Waals surface area contributed by atoms with Crippen LogP contribution in [0.25, 0.3) is 0 Å². The summed E-state index contributed by atoms with van der Waals surface area (Å²) in [5, 5.41) is 0. The molecule has 0 aromatic carbocycles. The molecule has 0 spiro atoms. The van der Waals surface area contributed by atoms with Gasteiger partial charge in [0, 0.05) is 26.1 Å². The maximum atomic E-state index is 12.4. The molecule has 1 rings (SSSR count). The maximum Gasteiger partial charge on any atom is 0.353 e. The van der Waals surface area contributed by atoms with Gasteiger partial charge < -0.3 is 15.4 Å². The average molecular weight is 180 g/mol. The van der Waals surface area contributed by atoms with Crippen LogP contribution in [0.15, 0.2) is 0 Å². The van der Waals surface area contributed by atoms with Crippen LogP contribution in [-0.2, 0) is 4.74 Å². The molecule has 3 nitrogen and oxygen atoms in total. The van der Waals surface area contributed by atoms with Crippen molar-refractivity contribution < 1.29 is 13.5 Å². The van der Waals surface area contributed by atoms with Crippen LogP contribution >= 0.6 is 0 Å². The Morgan fingerprint density at radius 3 is 2.42 bits per heavy atom. The third-order valence-electron chi connectivity index (χ3n) is 1.85. The van der Waals surface area contributed by atoms with Crippen LogP contribution < -0.4 is 5.73 Å². The van der Waals surface area contributed by atoms with Crippen molar-refractivity contribution in [3.05, 3.63) is 0 Å². The Bertz CT molecular complexity index is 160. The number of likely N-dealkylation sites (N-methyl/N-ethyl adjacent to an activating group) is 1. The first kappa shape index (κ1) is 9.83. The molecule has 0 amide bonds. The van der Waals surface area contributed by atoms with E-state index in [0.717, 1.165) is 6.92 Å². The zero-order chi connectivity index (χ0) is 9.35. The van der Waals surface area contributed by atoms with Crippen molar-refractivity contribution >= 4 is 0 Å². The normalized spacial score (nSPS) is 32.8. The molecule has 0 aromatic rings. The number of alkyl halides is 2. The summed E-state index contributed by atoms with van der Waals surface area (Å²) in [5.74, 6) is 0. The van der Waals surface area contributed by atoms with Crippen molar-refractivity contribution in [2.75, 3.05) is 20.1 Å². The lowest BCUT2D eigenvalue weighted by Gasteiger charge is -2.19. The second-order valence-electron chi connectivity index (χ2n) is 3.35. The summed E-state index contributed by atoms with van der Waals surface area (Å²) in [4.78, 5) is 1.88. The van der Waals surface area contributed by atoms with Crippen LogP contribution in [0.3, 0.4) is 0 Å². The van der Waals surface area contributed by atoms with Gasteiger partial charge in [0.1, 0.15) is 0 Å². The van der Waals surface area contributed by atoms with Gasteiger partial charge in [0.05, 0.1) is 6.10 Å². The van der Waals surface area contributed by atoms with E-state index in [-0.39, 0.29) is 6.04 Å². The summed E-state index contributed by atoms with van der Waals surface area (Å²) in [6.45, 7) is 1.82. The predicted octanol–water partition coefficient (Wildman–Crippen LogP) is 0.257. The Balaban J connectivity index is 2.43. The second kappa shape index (κ2) is 3.24. The molecule has 72 valence electrons. The quantitative estimate of drug-likeness (QED) is 0.662. The lowest BCUT2D eigenvalue weighted by atomic mass is 10.2. The second-order valence-corrected chi connectivity index (χ2v) is 3.35. The van der Waals surface area contributed by atoms with Gasteiger partial charge in [0.15, 0.2) is 0 Å². The van der Waals surface area contributed by atoms with Gasteiger partial charge in [-0.3, -0.25) is 0 Å². The number of nitrogens with zero attached hydrogens (tertiary/aromatic N) is 1. The first-order valence-corrected chi connectivity index (χ1v) is 3.88. The molecule has 0 aliphatic carbocycles. The standard InChI is InChI=1S/C7H14F2N2O/c1-7(8,9)12-6-4-11(2)3-5(6)10/h5-6H,3-4,10H2,1-2H3. The van der Waals surface area contributed by atoms with E-state index in [9.17, 15) is 8.78 Å². The number of hydrogen-bond acceptors (Lipinski definition) is 3. The van der Waals surface area contributed by atoms with Gasteiger partial charge in [0.25, 0.3) is 0 Å². The van der Waals surface area contributed by atoms with E-state index in [4.69, 9.17) is 5.73 Å². The van der Waals surface area contributed by atoms with Gasteiger partial charge in [-0.2, -0.15) is 8.78 Å². The number of ether oxygens (including phenoxy) is 1.